The Labute approximate surface area is 74.6 Å². The third-order valence-electron chi connectivity index (χ3n) is 1.74. The third-order valence-corrected chi connectivity index (χ3v) is 1.98. The van der Waals surface area contributed by atoms with Gasteiger partial charge in [-0.25, -0.2) is 4.85 Å². The van der Waals surface area contributed by atoms with E-state index in [2.05, 4.69) is 9.83 Å². The average molecular weight is 177 g/mol. The van der Waals surface area contributed by atoms with Crippen LogP contribution in [0.5, 0.6) is 0 Å². The largest absolute Gasteiger partial charge is 0.372 e. The molecule has 12 heavy (non-hydrogen) atoms. The van der Waals surface area contributed by atoms with Gasteiger partial charge in [0.05, 0.1) is 6.57 Å². The molecule has 0 aliphatic rings. The fourth-order valence-electron chi connectivity index (χ4n) is 1.18. The minimum atomic E-state index is 0.640. The summed E-state index contributed by atoms with van der Waals surface area (Å²) in [7, 11) is 0. The second kappa shape index (κ2) is 2.54. The SMILES string of the molecule is [C-]#[N+]c1c[nH]c2cc(Cl)ccc12. The van der Waals surface area contributed by atoms with Gasteiger partial charge in [-0.3, -0.25) is 0 Å². The zero-order valence-electron chi connectivity index (χ0n) is 6.13. The van der Waals surface area contributed by atoms with Crippen LogP contribution in [-0.4, -0.2) is 4.98 Å². The molecular formula is C9H5ClN2. The average Bonchev–Trinajstić information content (AvgIpc) is 2.46. The van der Waals surface area contributed by atoms with E-state index in [0.717, 1.165) is 10.9 Å². The molecule has 1 heterocycles. The fraction of sp³-hybridized carbons (Fsp3) is 0. The first kappa shape index (κ1) is 7.20. The van der Waals surface area contributed by atoms with Crippen molar-refractivity contribution in [2.24, 2.45) is 0 Å². The number of aromatic nitrogens is 1. The lowest BCUT2D eigenvalue weighted by Gasteiger charge is -1.90. The molecule has 0 aliphatic heterocycles. The van der Waals surface area contributed by atoms with E-state index in [4.69, 9.17) is 18.2 Å². The van der Waals surface area contributed by atoms with Crippen LogP contribution < -0.4 is 0 Å². The molecule has 0 bridgehead atoms. The Hall–Kier alpha value is -1.46. The Morgan fingerprint density at radius 1 is 1.42 bits per heavy atom. The molecule has 1 aromatic carbocycles. The van der Waals surface area contributed by atoms with Crippen LogP contribution in [0.4, 0.5) is 5.69 Å². The number of halogens is 1. The number of hydrogen-bond donors (Lipinski definition) is 1. The lowest BCUT2D eigenvalue weighted by Crippen LogP contribution is -1.66. The van der Waals surface area contributed by atoms with Gasteiger partial charge in [0.1, 0.15) is 0 Å². The quantitative estimate of drug-likeness (QED) is 0.594. The summed E-state index contributed by atoms with van der Waals surface area (Å²) >= 11 is 5.77. The second-order valence-electron chi connectivity index (χ2n) is 2.48. The van der Waals surface area contributed by atoms with Crippen LogP contribution in [0.25, 0.3) is 15.7 Å². The molecule has 2 nitrogen and oxygen atoms in total. The van der Waals surface area contributed by atoms with E-state index in [1.165, 1.54) is 0 Å². The van der Waals surface area contributed by atoms with Gasteiger partial charge >= 0.3 is 0 Å². The molecule has 2 aromatic rings. The summed E-state index contributed by atoms with van der Waals surface area (Å²) in [6.45, 7) is 6.87. The molecule has 2 rings (SSSR count). The molecule has 1 N–H and O–H groups in total. The smallest absolute Gasteiger partial charge is 0.211 e. The van der Waals surface area contributed by atoms with Gasteiger partial charge in [0, 0.05) is 22.1 Å². The molecule has 0 saturated heterocycles. The van der Waals surface area contributed by atoms with Gasteiger partial charge in [-0.2, -0.15) is 0 Å². The number of rotatable bonds is 0. The summed E-state index contributed by atoms with van der Waals surface area (Å²) in [5, 5.41) is 1.61. The summed E-state index contributed by atoms with van der Waals surface area (Å²) in [6.07, 6.45) is 1.69. The first-order chi connectivity index (χ1) is 5.81. The minimum Gasteiger partial charge on any atom is -0.372 e. The maximum absolute atomic E-state index is 6.87. The fourth-order valence-corrected chi connectivity index (χ4v) is 1.35. The molecule has 0 saturated carbocycles. The summed E-state index contributed by atoms with van der Waals surface area (Å²) in [5.74, 6) is 0. The molecule has 1 aromatic heterocycles. The van der Waals surface area contributed by atoms with Crippen LogP contribution in [0.2, 0.25) is 5.02 Å². The molecule has 0 atom stereocenters. The third kappa shape index (κ3) is 0.956. The van der Waals surface area contributed by atoms with Crippen molar-refractivity contribution in [3.63, 3.8) is 0 Å². The number of H-pyrrole nitrogens is 1. The molecule has 0 spiro atoms. The summed E-state index contributed by atoms with van der Waals surface area (Å²) in [5.41, 5.74) is 1.55. The Bertz CT molecular complexity index is 465. The van der Waals surface area contributed by atoms with Crippen LogP contribution >= 0.6 is 11.6 Å². The van der Waals surface area contributed by atoms with Crippen molar-refractivity contribution < 1.29 is 0 Å². The van der Waals surface area contributed by atoms with Crippen LogP contribution in [0.15, 0.2) is 24.4 Å². The van der Waals surface area contributed by atoms with Gasteiger partial charge in [0.25, 0.3) is 0 Å². The number of benzene rings is 1. The number of nitrogens with zero attached hydrogens (tertiary/aromatic N) is 1. The summed E-state index contributed by atoms with van der Waals surface area (Å²) < 4.78 is 0. The predicted octanol–water partition coefficient (Wildman–Crippen LogP) is 3.37. The van der Waals surface area contributed by atoms with Crippen molar-refractivity contribution in [3.05, 3.63) is 40.8 Å². The van der Waals surface area contributed by atoms with Gasteiger partial charge in [0.2, 0.25) is 5.69 Å². The number of fused-ring (bicyclic) bond motifs is 1. The summed E-state index contributed by atoms with van der Waals surface area (Å²) in [4.78, 5) is 6.35. The highest BCUT2D eigenvalue weighted by Gasteiger charge is 2.01. The van der Waals surface area contributed by atoms with Gasteiger partial charge in [0.15, 0.2) is 0 Å². The van der Waals surface area contributed by atoms with E-state index in [-0.39, 0.29) is 0 Å². The van der Waals surface area contributed by atoms with Crippen LogP contribution in [0, 0.1) is 6.57 Å². The minimum absolute atomic E-state index is 0.640. The van der Waals surface area contributed by atoms with Gasteiger partial charge < -0.3 is 4.98 Å². The van der Waals surface area contributed by atoms with Gasteiger partial charge in [-0.15, -0.1) is 0 Å². The van der Waals surface area contributed by atoms with Crippen LogP contribution in [0.3, 0.4) is 0 Å². The van der Waals surface area contributed by atoms with Crippen molar-refractivity contribution >= 4 is 28.2 Å². The molecule has 0 aliphatic carbocycles. The van der Waals surface area contributed by atoms with Crippen molar-refractivity contribution in [1.29, 1.82) is 0 Å². The number of nitrogens with one attached hydrogen (secondary N) is 1. The highest BCUT2D eigenvalue weighted by atomic mass is 35.5. The molecule has 0 amide bonds. The predicted molar refractivity (Wildman–Crippen MR) is 49.6 cm³/mol. The molecule has 3 heteroatoms. The highest BCUT2D eigenvalue weighted by molar-refractivity contribution is 6.31. The van der Waals surface area contributed by atoms with E-state index >= 15 is 0 Å². The van der Waals surface area contributed by atoms with E-state index in [9.17, 15) is 0 Å². The maximum Gasteiger partial charge on any atom is 0.211 e. The zero-order chi connectivity index (χ0) is 8.55. The lowest BCUT2D eigenvalue weighted by molar-refractivity contribution is 1.48. The van der Waals surface area contributed by atoms with E-state index < -0.39 is 0 Å². The van der Waals surface area contributed by atoms with E-state index in [1.54, 1.807) is 12.3 Å². The molecular weight excluding hydrogens is 172 g/mol. The van der Waals surface area contributed by atoms with Crippen molar-refractivity contribution in [3.8, 4) is 0 Å². The Balaban J connectivity index is 2.84. The van der Waals surface area contributed by atoms with Gasteiger partial charge in [-0.1, -0.05) is 17.7 Å². The topological polar surface area (TPSA) is 20.1 Å². The highest BCUT2D eigenvalue weighted by Crippen LogP contribution is 2.27. The van der Waals surface area contributed by atoms with E-state index in [0.29, 0.717) is 10.7 Å². The maximum atomic E-state index is 6.87. The lowest BCUT2D eigenvalue weighted by atomic mass is 10.2. The van der Waals surface area contributed by atoms with Crippen LogP contribution in [0.1, 0.15) is 0 Å². The molecule has 58 valence electrons. The Morgan fingerprint density at radius 2 is 2.25 bits per heavy atom. The van der Waals surface area contributed by atoms with Crippen LogP contribution in [-0.2, 0) is 0 Å². The molecule has 0 radical (unpaired) electrons. The monoisotopic (exact) mass is 176 g/mol. The second-order valence-corrected chi connectivity index (χ2v) is 2.91. The Morgan fingerprint density at radius 3 is 3.00 bits per heavy atom. The van der Waals surface area contributed by atoms with E-state index in [1.807, 2.05) is 12.1 Å². The zero-order valence-corrected chi connectivity index (χ0v) is 6.89. The van der Waals surface area contributed by atoms with Crippen molar-refractivity contribution in [2.75, 3.05) is 0 Å². The first-order valence-corrected chi connectivity index (χ1v) is 3.83. The molecule has 0 unspecified atom stereocenters. The van der Waals surface area contributed by atoms with Crippen molar-refractivity contribution in [2.45, 2.75) is 0 Å². The van der Waals surface area contributed by atoms with Gasteiger partial charge in [-0.05, 0) is 12.1 Å². The molecule has 0 fully saturated rings. The number of aromatic amines is 1. The standard InChI is InChI=1S/C9H5ClN2/c1-11-9-5-12-8-4-6(10)2-3-7(8)9/h2-5,12H. The first-order valence-electron chi connectivity index (χ1n) is 3.45. The Kier molecular flexibility index (Phi) is 1.53. The number of hydrogen-bond acceptors (Lipinski definition) is 0. The van der Waals surface area contributed by atoms with Crippen molar-refractivity contribution in [1.82, 2.24) is 4.98 Å². The normalized spacial score (nSPS) is 10.0. The summed E-state index contributed by atoms with van der Waals surface area (Å²) in [6, 6.07) is 5.44.